The van der Waals surface area contributed by atoms with Gasteiger partial charge in [0.15, 0.2) is 0 Å². The minimum atomic E-state index is -1.28. The Hall–Kier alpha value is -0.960. The van der Waals surface area contributed by atoms with Crippen molar-refractivity contribution in [1.29, 1.82) is 0 Å². The van der Waals surface area contributed by atoms with E-state index in [1.807, 2.05) is 39.0 Å². The first kappa shape index (κ1) is 26.6. The molecule has 0 spiro atoms. The number of aromatic nitrogens is 1. The molecule has 9 heteroatoms. The summed E-state index contributed by atoms with van der Waals surface area (Å²) in [5.41, 5.74) is 0.864. The molecule has 1 fully saturated rings. The second kappa shape index (κ2) is 11.6. The smallest absolute Gasteiger partial charge is 0.136 e. The van der Waals surface area contributed by atoms with Crippen LogP contribution >= 0.6 is 39.1 Å². The Morgan fingerprint density at radius 1 is 1.30 bits per heavy atom. The Balaban J connectivity index is 1.90. The second-order valence-corrected chi connectivity index (χ2v) is 12.8. The number of ether oxygens (including phenoxy) is 1. The molecule has 0 amide bonds. The molecular weight excluding hydrogens is 545 g/mol. The molecule has 33 heavy (non-hydrogen) atoms. The monoisotopic (exact) mass is 573 g/mol. The van der Waals surface area contributed by atoms with Gasteiger partial charge in [-0.1, -0.05) is 51.8 Å². The molecule has 0 saturated carbocycles. The van der Waals surface area contributed by atoms with E-state index in [0.717, 1.165) is 41.8 Å². The molecule has 1 aliphatic heterocycles. The summed E-state index contributed by atoms with van der Waals surface area (Å²) in [5.74, 6) is 1.81. The van der Waals surface area contributed by atoms with Crippen molar-refractivity contribution in [2.45, 2.75) is 44.4 Å². The summed E-state index contributed by atoms with van der Waals surface area (Å²) in [4.78, 5) is 6.79. The molecule has 180 valence electrons. The van der Waals surface area contributed by atoms with Crippen LogP contribution in [0.1, 0.15) is 45.2 Å². The van der Waals surface area contributed by atoms with E-state index in [1.165, 1.54) is 0 Å². The first-order valence-electron chi connectivity index (χ1n) is 10.9. The van der Waals surface area contributed by atoms with Crippen LogP contribution in [-0.4, -0.2) is 34.0 Å². The zero-order chi connectivity index (χ0) is 24.2. The molecule has 1 aliphatic rings. The van der Waals surface area contributed by atoms with Gasteiger partial charge >= 0.3 is 0 Å². The first-order valence-corrected chi connectivity index (χ1v) is 13.6. The van der Waals surface area contributed by atoms with Crippen LogP contribution in [0.5, 0.6) is 5.75 Å². The lowest BCUT2D eigenvalue weighted by Crippen LogP contribution is -2.46. The van der Waals surface area contributed by atoms with Crippen LogP contribution in [0.15, 0.2) is 47.6 Å². The summed E-state index contributed by atoms with van der Waals surface area (Å²) < 4.78 is 23.1. The molecule has 1 aromatic heterocycles. The van der Waals surface area contributed by atoms with Gasteiger partial charge in [-0.05, 0) is 57.7 Å². The lowest BCUT2D eigenvalue weighted by molar-refractivity contribution is 0.306. The number of halogens is 3. The van der Waals surface area contributed by atoms with Crippen LogP contribution in [0.2, 0.25) is 10.0 Å². The maximum atomic E-state index is 13.1. The lowest BCUT2D eigenvalue weighted by atomic mass is 9.85. The van der Waals surface area contributed by atoms with Crippen molar-refractivity contribution >= 4 is 56.3 Å². The zero-order valence-electron chi connectivity index (χ0n) is 19.1. The highest BCUT2D eigenvalue weighted by Gasteiger charge is 2.37. The zero-order valence-corrected chi connectivity index (χ0v) is 23.0. The molecule has 0 bridgehead atoms. The van der Waals surface area contributed by atoms with Gasteiger partial charge in [0.1, 0.15) is 22.9 Å². The fourth-order valence-corrected chi connectivity index (χ4v) is 5.35. The van der Waals surface area contributed by atoms with Crippen LogP contribution in [0, 0.1) is 5.92 Å². The third kappa shape index (κ3) is 7.03. The van der Waals surface area contributed by atoms with E-state index in [-0.39, 0.29) is 12.0 Å². The van der Waals surface area contributed by atoms with Crippen molar-refractivity contribution in [3.05, 3.63) is 63.2 Å². The molecule has 0 aliphatic carbocycles. The van der Waals surface area contributed by atoms with E-state index in [2.05, 4.69) is 37.1 Å². The van der Waals surface area contributed by atoms with Crippen LogP contribution in [0.3, 0.4) is 0 Å². The third-order valence-corrected chi connectivity index (χ3v) is 8.37. The number of benzene rings is 1. The van der Waals surface area contributed by atoms with E-state index >= 15 is 0 Å². The molecule has 2 heterocycles. The molecule has 0 unspecified atom stereocenters. The Kier molecular flexibility index (Phi) is 9.40. The minimum absolute atomic E-state index is 0.211. The number of rotatable bonds is 8. The summed E-state index contributed by atoms with van der Waals surface area (Å²) >= 11 is 15.0. The predicted molar refractivity (Wildman–Crippen MR) is 143 cm³/mol. The summed E-state index contributed by atoms with van der Waals surface area (Å²) in [6.45, 7) is 11.6. The molecular formula is C24H30BrCl2N3O2S. The highest BCUT2D eigenvalue weighted by Crippen LogP contribution is 2.41. The van der Waals surface area contributed by atoms with Gasteiger partial charge in [-0.25, -0.2) is 4.98 Å². The highest BCUT2D eigenvalue weighted by molar-refractivity contribution is 9.10. The summed E-state index contributed by atoms with van der Waals surface area (Å²) in [6, 6.07) is 7.31. The van der Waals surface area contributed by atoms with Crippen molar-refractivity contribution in [3.63, 3.8) is 0 Å². The first-order chi connectivity index (χ1) is 15.6. The van der Waals surface area contributed by atoms with Gasteiger partial charge in [0.25, 0.3) is 0 Å². The third-order valence-electron chi connectivity index (χ3n) is 5.58. The number of piperidine rings is 1. The maximum absolute atomic E-state index is 13.1. The SMILES string of the molecule is C=CCOc1cc(Cl)c(Cl)cc1[C@H](N[S@@+]([O-])C(C)(C)C)C1CCN(c2cc(Br)ccn2)CC1. The van der Waals surface area contributed by atoms with Crippen molar-refractivity contribution < 1.29 is 9.29 Å². The van der Waals surface area contributed by atoms with Crippen LogP contribution in [-0.2, 0) is 11.4 Å². The van der Waals surface area contributed by atoms with Gasteiger partial charge in [-0.2, -0.15) is 0 Å². The minimum Gasteiger partial charge on any atom is -0.598 e. The molecule has 2 atom stereocenters. The van der Waals surface area contributed by atoms with Gasteiger partial charge in [0, 0.05) is 46.8 Å². The second-order valence-electron chi connectivity index (χ2n) is 9.04. The summed E-state index contributed by atoms with van der Waals surface area (Å²) in [6.07, 6.45) is 5.29. The quantitative estimate of drug-likeness (QED) is 0.280. The Labute approximate surface area is 218 Å². The number of hydrogen-bond donors (Lipinski definition) is 1. The van der Waals surface area contributed by atoms with E-state index in [9.17, 15) is 4.55 Å². The Morgan fingerprint density at radius 2 is 1.97 bits per heavy atom. The van der Waals surface area contributed by atoms with Gasteiger partial charge in [0.05, 0.1) is 16.1 Å². The normalized spacial score (nSPS) is 17.0. The topological polar surface area (TPSA) is 60.4 Å². The average molecular weight is 575 g/mol. The van der Waals surface area contributed by atoms with Crippen LogP contribution in [0.25, 0.3) is 0 Å². The largest absolute Gasteiger partial charge is 0.598 e. The van der Waals surface area contributed by atoms with Gasteiger partial charge < -0.3 is 14.2 Å². The highest BCUT2D eigenvalue weighted by atomic mass is 79.9. The lowest BCUT2D eigenvalue weighted by Gasteiger charge is -2.38. The molecule has 3 rings (SSSR count). The summed E-state index contributed by atoms with van der Waals surface area (Å²) in [7, 11) is 0. The average Bonchev–Trinajstić information content (AvgIpc) is 2.77. The van der Waals surface area contributed by atoms with E-state index in [1.54, 1.807) is 18.3 Å². The maximum Gasteiger partial charge on any atom is 0.136 e. The van der Waals surface area contributed by atoms with E-state index < -0.39 is 16.1 Å². The van der Waals surface area contributed by atoms with Crippen LogP contribution < -0.4 is 14.4 Å². The van der Waals surface area contributed by atoms with Crippen molar-refractivity contribution in [2.75, 3.05) is 24.6 Å². The fraction of sp³-hybridized carbons (Fsp3) is 0.458. The number of nitrogens with one attached hydrogen (secondary N) is 1. The van der Waals surface area contributed by atoms with Crippen molar-refractivity contribution in [3.8, 4) is 5.75 Å². The van der Waals surface area contributed by atoms with Gasteiger partial charge in [-0.15, -0.1) is 4.72 Å². The number of pyridine rings is 1. The fourth-order valence-electron chi connectivity index (χ4n) is 3.79. The van der Waals surface area contributed by atoms with Crippen molar-refractivity contribution in [2.24, 2.45) is 5.92 Å². The number of hydrogen-bond acceptors (Lipinski definition) is 5. The van der Waals surface area contributed by atoms with E-state index in [4.69, 9.17) is 27.9 Å². The predicted octanol–water partition coefficient (Wildman–Crippen LogP) is 6.73. The standard InChI is InChI=1S/C24H30BrCl2N3O2S/c1-5-12-32-21-15-20(27)19(26)14-18(21)23(29-33(31)24(2,3)4)16-7-10-30(11-8-16)22-13-17(25)6-9-28-22/h5-6,9,13-16,23,29H,1,7-8,10-12H2,2-4H3/t23-,33+/m1/s1. The number of anilines is 1. The van der Waals surface area contributed by atoms with Crippen molar-refractivity contribution in [1.82, 2.24) is 9.71 Å². The van der Waals surface area contributed by atoms with Gasteiger partial charge in [-0.3, -0.25) is 0 Å². The van der Waals surface area contributed by atoms with E-state index in [0.29, 0.717) is 22.4 Å². The Bertz CT molecular complexity index is 965. The molecule has 1 aromatic carbocycles. The molecule has 2 aromatic rings. The van der Waals surface area contributed by atoms with Crippen LogP contribution in [0.4, 0.5) is 5.82 Å². The Morgan fingerprint density at radius 3 is 2.58 bits per heavy atom. The number of nitrogens with zero attached hydrogens (tertiary/aromatic N) is 2. The summed E-state index contributed by atoms with van der Waals surface area (Å²) in [5, 5.41) is 0.868. The molecule has 0 radical (unpaired) electrons. The molecule has 5 nitrogen and oxygen atoms in total. The molecule has 1 saturated heterocycles. The van der Waals surface area contributed by atoms with Gasteiger partial charge in [0.2, 0.25) is 0 Å². The molecule has 1 N–H and O–H groups in total.